The number of rotatable bonds is 4. The average molecular weight is 438 g/mol. The van der Waals surface area contributed by atoms with Crippen LogP contribution in [0.2, 0.25) is 0 Å². The zero-order valence-electron chi connectivity index (χ0n) is 19.2. The van der Waals surface area contributed by atoms with Gasteiger partial charge in [0.05, 0.1) is 5.60 Å². The van der Waals surface area contributed by atoms with Gasteiger partial charge < -0.3 is 14.5 Å². The molecule has 172 valence electrons. The normalized spacial score (nSPS) is 24.1. The molecular formula is C25H35N5O2. The van der Waals surface area contributed by atoms with Crippen LogP contribution in [0.4, 0.5) is 5.69 Å². The molecule has 1 atom stereocenters. The minimum Gasteiger partial charge on any atom is -0.375 e. The van der Waals surface area contributed by atoms with Gasteiger partial charge in [-0.2, -0.15) is 5.10 Å². The zero-order chi connectivity index (χ0) is 22.0. The van der Waals surface area contributed by atoms with Crippen LogP contribution < -0.4 is 4.90 Å². The van der Waals surface area contributed by atoms with Crippen molar-refractivity contribution in [2.45, 2.75) is 50.8 Å². The van der Waals surface area contributed by atoms with E-state index in [1.54, 1.807) is 10.9 Å². The van der Waals surface area contributed by atoms with Gasteiger partial charge in [0, 0.05) is 70.3 Å². The lowest BCUT2D eigenvalue weighted by Crippen LogP contribution is -2.57. The number of piperidine rings is 1. The van der Waals surface area contributed by atoms with E-state index in [4.69, 9.17) is 4.74 Å². The molecule has 3 aliphatic heterocycles. The van der Waals surface area contributed by atoms with Gasteiger partial charge in [-0.05, 0) is 50.8 Å². The molecule has 32 heavy (non-hydrogen) atoms. The molecule has 0 aliphatic carbocycles. The Morgan fingerprint density at radius 3 is 2.53 bits per heavy atom. The second kappa shape index (κ2) is 9.24. The number of para-hydroxylation sites is 1. The summed E-state index contributed by atoms with van der Waals surface area (Å²) < 4.78 is 8.18. The van der Waals surface area contributed by atoms with Crippen LogP contribution in [0.1, 0.15) is 43.1 Å². The van der Waals surface area contributed by atoms with E-state index in [9.17, 15) is 4.79 Å². The van der Waals surface area contributed by atoms with E-state index >= 15 is 0 Å². The Hall–Kier alpha value is -2.38. The Morgan fingerprint density at radius 2 is 1.81 bits per heavy atom. The van der Waals surface area contributed by atoms with Gasteiger partial charge in [0.15, 0.2) is 0 Å². The second-order valence-corrected chi connectivity index (χ2v) is 9.36. The number of carbonyl (C=O) groups excluding carboxylic acids is 1. The minimum absolute atomic E-state index is 0.0682. The molecule has 1 spiro atoms. The topological polar surface area (TPSA) is 53.8 Å². The molecule has 0 bridgehead atoms. The van der Waals surface area contributed by atoms with Crippen molar-refractivity contribution in [2.75, 3.05) is 50.8 Å². The summed E-state index contributed by atoms with van der Waals surface area (Å²) >= 11 is 0. The Balaban J connectivity index is 1.16. The van der Waals surface area contributed by atoms with Crippen LogP contribution in [0, 0.1) is 0 Å². The SMILES string of the molecule is CCn1nccc1C(=O)N1CCC2(CC1)C[C@@H](N1CCN(c3ccccc3)CC1)CCO2. The monoisotopic (exact) mass is 437 g/mol. The van der Waals surface area contributed by atoms with Gasteiger partial charge in [-0.25, -0.2) is 0 Å². The first kappa shape index (κ1) is 21.5. The summed E-state index contributed by atoms with van der Waals surface area (Å²) in [7, 11) is 0. The van der Waals surface area contributed by atoms with Gasteiger partial charge in [-0.15, -0.1) is 0 Å². The number of carbonyl (C=O) groups is 1. The summed E-state index contributed by atoms with van der Waals surface area (Å²) in [5.74, 6) is 0.101. The van der Waals surface area contributed by atoms with Crippen LogP contribution >= 0.6 is 0 Å². The van der Waals surface area contributed by atoms with Gasteiger partial charge in [0.2, 0.25) is 0 Å². The van der Waals surface area contributed by atoms with Gasteiger partial charge in [-0.1, -0.05) is 18.2 Å². The minimum atomic E-state index is -0.0682. The summed E-state index contributed by atoms with van der Waals surface area (Å²) in [6, 6.07) is 13.2. The number of benzene rings is 1. The zero-order valence-corrected chi connectivity index (χ0v) is 19.2. The van der Waals surface area contributed by atoms with E-state index < -0.39 is 0 Å². The number of amides is 1. The van der Waals surface area contributed by atoms with Crippen LogP contribution in [0.3, 0.4) is 0 Å². The predicted molar refractivity (Wildman–Crippen MR) is 125 cm³/mol. The van der Waals surface area contributed by atoms with Gasteiger partial charge in [0.1, 0.15) is 5.69 Å². The maximum absolute atomic E-state index is 13.0. The average Bonchev–Trinajstić information content (AvgIpc) is 3.34. The molecule has 4 heterocycles. The molecule has 3 saturated heterocycles. The molecule has 3 fully saturated rings. The molecule has 1 aromatic carbocycles. The highest BCUT2D eigenvalue weighted by Crippen LogP contribution is 2.37. The first-order valence-electron chi connectivity index (χ1n) is 12.2. The summed E-state index contributed by atoms with van der Waals surface area (Å²) in [6.07, 6.45) is 5.78. The van der Waals surface area contributed by atoms with Crippen molar-refractivity contribution < 1.29 is 9.53 Å². The van der Waals surface area contributed by atoms with Gasteiger partial charge >= 0.3 is 0 Å². The van der Waals surface area contributed by atoms with E-state index in [1.807, 2.05) is 17.9 Å². The Bertz CT molecular complexity index is 898. The first-order chi connectivity index (χ1) is 15.7. The van der Waals surface area contributed by atoms with E-state index in [0.29, 0.717) is 18.3 Å². The molecule has 7 nitrogen and oxygen atoms in total. The third-order valence-electron chi connectivity index (χ3n) is 7.62. The van der Waals surface area contributed by atoms with Crippen molar-refractivity contribution in [3.63, 3.8) is 0 Å². The fourth-order valence-electron chi connectivity index (χ4n) is 5.69. The lowest BCUT2D eigenvalue weighted by molar-refractivity contribution is -0.130. The molecule has 0 saturated carbocycles. The van der Waals surface area contributed by atoms with Crippen LogP contribution in [0.5, 0.6) is 0 Å². The highest BCUT2D eigenvalue weighted by molar-refractivity contribution is 5.92. The maximum Gasteiger partial charge on any atom is 0.272 e. The number of aryl methyl sites for hydroxylation is 1. The van der Waals surface area contributed by atoms with Crippen molar-refractivity contribution in [3.8, 4) is 0 Å². The lowest BCUT2D eigenvalue weighted by Gasteiger charge is -2.49. The van der Waals surface area contributed by atoms with E-state index in [0.717, 1.165) is 71.6 Å². The van der Waals surface area contributed by atoms with Crippen molar-refractivity contribution in [2.24, 2.45) is 0 Å². The van der Waals surface area contributed by atoms with Gasteiger partial charge in [-0.3, -0.25) is 14.4 Å². The van der Waals surface area contributed by atoms with E-state index in [2.05, 4.69) is 45.2 Å². The quantitative estimate of drug-likeness (QED) is 0.736. The molecule has 0 radical (unpaired) electrons. The van der Waals surface area contributed by atoms with E-state index in [-0.39, 0.29) is 11.5 Å². The van der Waals surface area contributed by atoms with Gasteiger partial charge in [0.25, 0.3) is 5.91 Å². The van der Waals surface area contributed by atoms with Crippen LogP contribution in [0.25, 0.3) is 0 Å². The fraction of sp³-hybridized carbons (Fsp3) is 0.600. The second-order valence-electron chi connectivity index (χ2n) is 9.36. The van der Waals surface area contributed by atoms with Crippen molar-refractivity contribution >= 4 is 11.6 Å². The Labute approximate surface area is 190 Å². The largest absolute Gasteiger partial charge is 0.375 e. The van der Waals surface area contributed by atoms with Crippen LogP contribution in [-0.4, -0.2) is 83.0 Å². The standard InChI is InChI=1S/C25H35N5O2/c1-2-30-23(8-12-26-30)24(31)29-13-10-25(11-14-29)20-22(9-19-32-25)28-17-15-27(16-18-28)21-6-4-3-5-7-21/h3-8,12,22H,2,9-11,13-20H2,1H3/t22-/m0/s1. The molecule has 5 rings (SSSR count). The first-order valence-corrected chi connectivity index (χ1v) is 12.2. The lowest BCUT2D eigenvalue weighted by atomic mass is 9.81. The maximum atomic E-state index is 13.0. The third kappa shape index (κ3) is 4.28. The molecule has 0 N–H and O–H groups in total. The summed E-state index contributed by atoms with van der Waals surface area (Å²) in [5, 5.41) is 4.26. The van der Waals surface area contributed by atoms with Crippen LogP contribution in [-0.2, 0) is 11.3 Å². The van der Waals surface area contributed by atoms with Crippen molar-refractivity contribution in [1.29, 1.82) is 0 Å². The number of hydrogen-bond donors (Lipinski definition) is 0. The summed E-state index contributed by atoms with van der Waals surface area (Å²) in [5.41, 5.74) is 1.96. The number of ether oxygens (including phenoxy) is 1. The number of anilines is 1. The Kier molecular flexibility index (Phi) is 6.20. The van der Waals surface area contributed by atoms with Crippen molar-refractivity contribution in [3.05, 3.63) is 48.3 Å². The number of aromatic nitrogens is 2. The smallest absolute Gasteiger partial charge is 0.272 e. The molecular weight excluding hydrogens is 402 g/mol. The molecule has 1 amide bonds. The number of nitrogens with zero attached hydrogens (tertiary/aromatic N) is 5. The predicted octanol–water partition coefficient (Wildman–Crippen LogP) is 2.88. The molecule has 3 aliphatic rings. The summed E-state index contributed by atoms with van der Waals surface area (Å²) in [6.45, 7) is 9.50. The van der Waals surface area contributed by atoms with E-state index in [1.165, 1.54) is 5.69 Å². The summed E-state index contributed by atoms with van der Waals surface area (Å²) in [4.78, 5) is 20.1. The molecule has 1 aromatic heterocycles. The molecule has 2 aromatic rings. The third-order valence-corrected chi connectivity index (χ3v) is 7.62. The highest BCUT2D eigenvalue weighted by atomic mass is 16.5. The number of piperazine rings is 1. The number of hydrogen-bond acceptors (Lipinski definition) is 5. The number of likely N-dealkylation sites (tertiary alicyclic amines) is 1. The molecule has 0 unspecified atom stereocenters. The Morgan fingerprint density at radius 1 is 1.06 bits per heavy atom. The van der Waals surface area contributed by atoms with Crippen molar-refractivity contribution in [1.82, 2.24) is 19.6 Å². The highest BCUT2D eigenvalue weighted by Gasteiger charge is 2.43. The fourth-order valence-corrected chi connectivity index (χ4v) is 5.69. The molecule has 7 heteroatoms. The van der Waals surface area contributed by atoms with Crippen LogP contribution in [0.15, 0.2) is 42.6 Å².